The number of nitrogens with two attached hydrogens (primary N) is 1. The van der Waals surface area contributed by atoms with Gasteiger partial charge in [0.15, 0.2) is 0 Å². The quantitative estimate of drug-likeness (QED) is 0.0906. The molecule has 0 radical (unpaired) electrons. The Morgan fingerprint density at radius 2 is 1.34 bits per heavy atom. The van der Waals surface area contributed by atoms with Gasteiger partial charge >= 0.3 is 0 Å². The van der Waals surface area contributed by atoms with E-state index in [4.69, 9.17) is 15.2 Å². The van der Waals surface area contributed by atoms with Crippen LogP contribution < -0.4 is 10.5 Å². The molecule has 0 saturated carbocycles. The molecule has 1 amide bonds. The average molecular weight is 643 g/mol. The second kappa shape index (κ2) is 19.0. The van der Waals surface area contributed by atoms with Gasteiger partial charge in [0.2, 0.25) is 5.91 Å². The van der Waals surface area contributed by atoms with Crippen molar-refractivity contribution in [2.24, 2.45) is 11.7 Å². The molecule has 0 bridgehead atoms. The zero-order chi connectivity index (χ0) is 33.4. The van der Waals surface area contributed by atoms with Crippen molar-refractivity contribution in [2.45, 2.75) is 76.2 Å². The van der Waals surface area contributed by atoms with Gasteiger partial charge in [0.1, 0.15) is 11.2 Å². The maximum absolute atomic E-state index is 13.3. The fraction of sp³-hybridized carbons (Fsp3) is 0.537. The van der Waals surface area contributed by atoms with Gasteiger partial charge < -0.3 is 24.6 Å². The maximum Gasteiger partial charge on any atom is 0.232 e. The molecule has 0 spiro atoms. The highest BCUT2D eigenvalue weighted by Crippen LogP contribution is 2.43. The molecule has 1 atom stereocenters. The van der Waals surface area contributed by atoms with Crippen LogP contribution in [0.5, 0.6) is 5.75 Å². The van der Waals surface area contributed by atoms with Crippen molar-refractivity contribution < 1.29 is 18.8 Å². The number of methoxy groups -OCH3 is 1. The van der Waals surface area contributed by atoms with E-state index >= 15 is 0 Å². The Kier molecular flexibility index (Phi) is 14.8. The number of hydrogen-bond donors (Lipinski definition) is 1. The standard InChI is InChI=1S/C41H59N3O3/c1-44(2,31-19-7-8-20-32-47-34-35-21-15-16-26-39(35)46-3)30-18-6-4-5-17-28-43-29-27-38(33-43)41(40(42)45,36-22-11-9-12-23-36)37-24-13-10-14-25-37/h9-16,21-26,38H,4-8,17-20,27-34H2,1-3H3,(H-,42,45)/p+1/t38-/m1/s1. The summed E-state index contributed by atoms with van der Waals surface area (Å²) in [5.74, 6) is 0.831. The minimum absolute atomic E-state index is 0.169. The number of unbranched alkanes of at least 4 members (excludes halogenated alkanes) is 7. The fourth-order valence-corrected chi connectivity index (χ4v) is 7.53. The van der Waals surface area contributed by atoms with Crippen molar-refractivity contribution >= 4 is 5.91 Å². The van der Waals surface area contributed by atoms with Crippen LogP contribution in [0, 0.1) is 5.92 Å². The zero-order valence-electron chi connectivity index (χ0n) is 29.4. The van der Waals surface area contributed by atoms with Crippen LogP contribution in [0.15, 0.2) is 84.9 Å². The summed E-state index contributed by atoms with van der Waals surface area (Å²) in [6, 6.07) is 28.5. The van der Waals surface area contributed by atoms with Gasteiger partial charge in [-0.25, -0.2) is 0 Å². The van der Waals surface area contributed by atoms with E-state index in [2.05, 4.69) is 49.3 Å². The first-order valence-electron chi connectivity index (χ1n) is 18.0. The van der Waals surface area contributed by atoms with Crippen molar-refractivity contribution in [3.8, 4) is 5.75 Å². The first-order chi connectivity index (χ1) is 22.9. The summed E-state index contributed by atoms with van der Waals surface area (Å²) in [6.07, 6.45) is 12.3. The number of rotatable bonds is 22. The third-order valence-electron chi connectivity index (χ3n) is 10.2. The van der Waals surface area contributed by atoms with Crippen molar-refractivity contribution in [1.82, 2.24) is 4.90 Å². The Bertz CT molecular complexity index is 1270. The van der Waals surface area contributed by atoms with E-state index in [1.54, 1.807) is 7.11 Å². The predicted octanol–water partition coefficient (Wildman–Crippen LogP) is 7.59. The molecular weight excluding hydrogens is 582 g/mol. The van der Waals surface area contributed by atoms with Crippen LogP contribution in [-0.2, 0) is 21.6 Å². The molecule has 3 aromatic carbocycles. The van der Waals surface area contributed by atoms with E-state index in [0.717, 1.165) is 66.0 Å². The first-order valence-corrected chi connectivity index (χ1v) is 18.0. The lowest BCUT2D eigenvalue weighted by atomic mass is 9.64. The Hall–Kier alpha value is -3.19. The van der Waals surface area contributed by atoms with Crippen molar-refractivity contribution in [1.29, 1.82) is 0 Å². The van der Waals surface area contributed by atoms with Gasteiger partial charge in [0.25, 0.3) is 0 Å². The van der Waals surface area contributed by atoms with Gasteiger partial charge in [-0.1, -0.05) is 98.1 Å². The number of carbonyl (C=O) groups excluding carboxylic acids is 1. The molecule has 0 unspecified atom stereocenters. The Balaban J connectivity index is 1.07. The van der Waals surface area contributed by atoms with Gasteiger partial charge in [-0.15, -0.1) is 0 Å². The first kappa shape index (κ1) is 36.6. The van der Waals surface area contributed by atoms with Crippen LogP contribution in [0.3, 0.4) is 0 Å². The second-order valence-electron chi connectivity index (χ2n) is 14.1. The number of amides is 1. The van der Waals surface area contributed by atoms with Gasteiger partial charge in [-0.2, -0.15) is 0 Å². The molecule has 4 rings (SSSR count). The molecule has 2 N–H and O–H groups in total. The lowest BCUT2D eigenvalue weighted by Crippen LogP contribution is -2.49. The largest absolute Gasteiger partial charge is 0.496 e. The van der Waals surface area contributed by atoms with Crippen molar-refractivity contribution in [2.75, 3.05) is 60.5 Å². The lowest BCUT2D eigenvalue weighted by Gasteiger charge is -2.37. The van der Waals surface area contributed by atoms with Crippen LogP contribution in [-0.4, -0.2) is 75.8 Å². The summed E-state index contributed by atoms with van der Waals surface area (Å²) < 4.78 is 12.4. The van der Waals surface area contributed by atoms with E-state index in [-0.39, 0.29) is 11.8 Å². The summed E-state index contributed by atoms with van der Waals surface area (Å²) in [6.45, 7) is 6.97. The zero-order valence-corrected chi connectivity index (χ0v) is 29.4. The summed E-state index contributed by atoms with van der Waals surface area (Å²) in [5.41, 5.74) is 8.62. The Morgan fingerprint density at radius 1 is 0.787 bits per heavy atom. The molecule has 1 saturated heterocycles. The molecule has 3 aromatic rings. The topological polar surface area (TPSA) is 64.8 Å². The highest BCUT2D eigenvalue weighted by atomic mass is 16.5. The Morgan fingerprint density at radius 3 is 1.96 bits per heavy atom. The second-order valence-corrected chi connectivity index (χ2v) is 14.1. The molecule has 6 heteroatoms. The molecule has 1 aliphatic heterocycles. The molecule has 47 heavy (non-hydrogen) atoms. The third kappa shape index (κ3) is 10.7. The van der Waals surface area contributed by atoms with Crippen molar-refractivity contribution in [3.05, 3.63) is 102 Å². The fourth-order valence-electron chi connectivity index (χ4n) is 7.53. The third-order valence-corrected chi connectivity index (χ3v) is 10.2. The van der Waals surface area contributed by atoms with Crippen molar-refractivity contribution in [3.63, 3.8) is 0 Å². The van der Waals surface area contributed by atoms with Gasteiger partial charge in [-0.3, -0.25) is 4.79 Å². The maximum atomic E-state index is 13.3. The molecule has 256 valence electrons. The lowest BCUT2D eigenvalue weighted by molar-refractivity contribution is -0.890. The summed E-state index contributed by atoms with van der Waals surface area (Å²) in [4.78, 5) is 15.9. The minimum atomic E-state index is -0.797. The number of para-hydroxylation sites is 1. The number of carbonyl (C=O) groups is 1. The van der Waals surface area contributed by atoms with Gasteiger partial charge in [0.05, 0.1) is 40.9 Å². The van der Waals surface area contributed by atoms with E-state index in [0.29, 0.717) is 6.61 Å². The van der Waals surface area contributed by atoms with E-state index in [1.807, 2.05) is 54.6 Å². The molecule has 1 aliphatic rings. The number of primary amides is 1. The SMILES string of the molecule is COc1ccccc1COCCCCCC[N+](C)(C)CCCCCCCN1CC[C@@H](C(C(N)=O)(c2ccccc2)c2ccccc2)C1. The Labute approximate surface area is 284 Å². The highest BCUT2D eigenvalue weighted by Gasteiger charge is 2.49. The molecule has 1 heterocycles. The van der Waals surface area contributed by atoms with E-state index in [9.17, 15) is 4.79 Å². The van der Waals surface area contributed by atoms with E-state index < -0.39 is 5.41 Å². The molecule has 0 aliphatic carbocycles. The van der Waals surface area contributed by atoms with E-state index in [1.165, 1.54) is 64.5 Å². The van der Waals surface area contributed by atoms with Crippen LogP contribution >= 0.6 is 0 Å². The molecular formula is C41H60N3O3+. The normalized spacial score (nSPS) is 15.6. The van der Waals surface area contributed by atoms with Gasteiger partial charge in [-0.05, 0) is 81.1 Å². The molecule has 0 aromatic heterocycles. The van der Waals surface area contributed by atoms with Crippen LogP contribution in [0.4, 0.5) is 0 Å². The number of ether oxygens (including phenoxy) is 2. The molecule has 1 fully saturated rings. The summed E-state index contributed by atoms with van der Waals surface area (Å²) in [5, 5.41) is 0. The highest BCUT2D eigenvalue weighted by molar-refractivity contribution is 5.91. The van der Waals surface area contributed by atoms with Crippen LogP contribution in [0.25, 0.3) is 0 Å². The van der Waals surface area contributed by atoms with Crippen LogP contribution in [0.1, 0.15) is 80.9 Å². The van der Waals surface area contributed by atoms with Gasteiger partial charge in [0, 0.05) is 18.7 Å². The number of likely N-dealkylation sites (tertiary alicyclic amines) is 1. The smallest absolute Gasteiger partial charge is 0.232 e. The number of nitrogens with zero attached hydrogens (tertiary/aromatic N) is 2. The number of benzene rings is 3. The summed E-state index contributed by atoms with van der Waals surface area (Å²) >= 11 is 0. The van der Waals surface area contributed by atoms with Crippen LogP contribution in [0.2, 0.25) is 0 Å². The number of quaternary nitrogens is 1. The predicted molar refractivity (Wildman–Crippen MR) is 193 cm³/mol. The minimum Gasteiger partial charge on any atom is -0.496 e. The average Bonchev–Trinajstić information content (AvgIpc) is 3.55. The molecule has 6 nitrogen and oxygen atoms in total. The number of hydrogen-bond acceptors (Lipinski definition) is 4. The summed E-state index contributed by atoms with van der Waals surface area (Å²) in [7, 11) is 6.48. The monoisotopic (exact) mass is 642 g/mol.